The molecule has 1 atom stereocenters. The summed E-state index contributed by atoms with van der Waals surface area (Å²) in [4.78, 5) is 12.0. The van der Waals surface area contributed by atoms with Gasteiger partial charge in [-0.3, -0.25) is 0 Å². The van der Waals surface area contributed by atoms with Crippen LogP contribution >= 0.6 is 11.6 Å². The molecule has 1 amide bonds. The number of alkyl carbamates (subject to hydrolysis) is 1. The van der Waals surface area contributed by atoms with Gasteiger partial charge in [0.1, 0.15) is 11.2 Å². The Labute approximate surface area is 158 Å². The van der Waals surface area contributed by atoms with E-state index in [-0.39, 0.29) is 12.3 Å². The van der Waals surface area contributed by atoms with E-state index in [0.717, 1.165) is 0 Å². The Kier molecular flexibility index (Phi) is 6.05. The zero-order chi connectivity index (χ0) is 19.4. The second-order valence-corrected chi connectivity index (χ2v) is 7.40. The largest absolute Gasteiger partial charge is 0.444 e. The molecule has 0 radical (unpaired) electrons. The fourth-order valence-electron chi connectivity index (χ4n) is 2.42. The third-order valence-corrected chi connectivity index (χ3v) is 3.94. The molecule has 0 saturated carbocycles. The van der Waals surface area contributed by atoms with Gasteiger partial charge in [0.05, 0.1) is 12.3 Å². The van der Waals surface area contributed by atoms with E-state index in [2.05, 4.69) is 5.32 Å². The van der Waals surface area contributed by atoms with E-state index in [1.165, 1.54) is 0 Å². The first-order valence-electron chi connectivity index (χ1n) is 8.21. The maximum atomic E-state index is 12.0. The first-order chi connectivity index (χ1) is 12.1. The zero-order valence-corrected chi connectivity index (χ0v) is 15.8. The van der Waals surface area contributed by atoms with Crippen molar-refractivity contribution in [1.29, 1.82) is 5.41 Å². The number of hydrogen-bond donors (Lipinski definition) is 3. The van der Waals surface area contributed by atoms with Crippen LogP contribution in [0.25, 0.3) is 0 Å². The van der Waals surface area contributed by atoms with Crippen molar-refractivity contribution in [3.05, 3.63) is 70.7 Å². The molecule has 0 aliphatic carbocycles. The van der Waals surface area contributed by atoms with Crippen LogP contribution in [0.1, 0.15) is 31.9 Å². The second kappa shape index (κ2) is 7.89. The summed E-state index contributed by atoms with van der Waals surface area (Å²) in [5.74, 6) is 0. The number of rotatable bonds is 5. The maximum Gasteiger partial charge on any atom is 0.407 e. The zero-order valence-electron chi connectivity index (χ0n) is 15.0. The molecule has 0 spiro atoms. The van der Waals surface area contributed by atoms with Crippen LogP contribution < -0.4 is 5.32 Å². The summed E-state index contributed by atoms with van der Waals surface area (Å²) in [5, 5.41) is 22.9. The number of ether oxygens (including phenoxy) is 1. The number of aliphatic hydroxyl groups is 1. The number of nitrogens with one attached hydrogen (secondary N) is 2. The van der Waals surface area contributed by atoms with Gasteiger partial charge in [0.25, 0.3) is 0 Å². The molecule has 6 heteroatoms. The van der Waals surface area contributed by atoms with Crippen LogP contribution in [-0.4, -0.2) is 29.1 Å². The van der Waals surface area contributed by atoms with Crippen molar-refractivity contribution in [2.75, 3.05) is 6.54 Å². The Bertz CT molecular complexity index is 770. The van der Waals surface area contributed by atoms with Crippen LogP contribution in [0.2, 0.25) is 5.02 Å². The molecule has 0 saturated heterocycles. The third kappa shape index (κ3) is 5.07. The van der Waals surface area contributed by atoms with Gasteiger partial charge in [-0.15, -0.1) is 0 Å². The minimum absolute atomic E-state index is 0.0450. The average Bonchev–Trinajstić information content (AvgIpc) is 2.59. The molecule has 5 nitrogen and oxygen atoms in total. The molecule has 2 rings (SSSR count). The molecular formula is C20H23ClN2O3. The first-order valence-corrected chi connectivity index (χ1v) is 8.59. The monoisotopic (exact) mass is 374 g/mol. The fourth-order valence-corrected chi connectivity index (χ4v) is 2.54. The van der Waals surface area contributed by atoms with E-state index in [4.69, 9.17) is 21.7 Å². The van der Waals surface area contributed by atoms with Crippen molar-refractivity contribution < 1.29 is 14.6 Å². The van der Waals surface area contributed by atoms with Gasteiger partial charge in [0, 0.05) is 5.02 Å². The average molecular weight is 375 g/mol. The van der Waals surface area contributed by atoms with Crippen LogP contribution in [0.5, 0.6) is 0 Å². The number of halogens is 1. The Hall–Kier alpha value is -2.37. The number of carbonyl (C=O) groups is 1. The van der Waals surface area contributed by atoms with Crippen molar-refractivity contribution in [1.82, 2.24) is 5.32 Å². The summed E-state index contributed by atoms with van der Waals surface area (Å²) in [5.41, 5.74) is -1.41. The summed E-state index contributed by atoms with van der Waals surface area (Å²) < 4.78 is 5.22. The highest BCUT2D eigenvalue weighted by Gasteiger charge is 2.36. The van der Waals surface area contributed by atoms with E-state index >= 15 is 0 Å². The van der Waals surface area contributed by atoms with Crippen molar-refractivity contribution in [3.8, 4) is 0 Å². The van der Waals surface area contributed by atoms with Gasteiger partial charge in [-0.1, -0.05) is 54.1 Å². The van der Waals surface area contributed by atoms with E-state index in [1.807, 2.05) is 6.07 Å². The SMILES string of the molecule is CC(C)(C)OC(=O)NCC(O)(C(=N)c1ccc(Cl)cc1)c1ccccc1. The van der Waals surface area contributed by atoms with Crippen LogP contribution in [0.4, 0.5) is 4.79 Å². The van der Waals surface area contributed by atoms with Gasteiger partial charge in [0.2, 0.25) is 0 Å². The Morgan fingerprint density at radius 1 is 1.12 bits per heavy atom. The van der Waals surface area contributed by atoms with Gasteiger partial charge >= 0.3 is 6.09 Å². The number of hydrogen-bond acceptors (Lipinski definition) is 4. The number of amides is 1. The molecular weight excluding hydrogens is 352 g/mol. The summed E-state index contributed by atoms with van der Waals surface area (Å²) in [6.45, 7) is 5.07. The molecule has 138 valence electrons. The highest BCUT2D eigenvalue weighted by Crippen LogP contribution is 2.26. The standard InChI is InChI=1S/C20H23ClN2O3/c1-19(2,3)26-18(24)23-13-20(25,15-7-5-4-6-8-15)17(22)14-9-11-16(21)12-10-14/h4-12,22,25H,13H2,1-3H3,(H,23,24). The Morgan fingerprint density at radius 2 is 1.69 bits per heavy atom. The van der Waals surface area contributed by atoms with Gasteiger partial charge in [-0.25, -0.2) is 4.79 Å². The minimum Gasteiger partial charge on any atom is -0.444 e. The molecule has 0 fully saturated rings. The third-order valence-electron chi connectivity index (χ3n) is 3.69. The quantitative estimate of drug-likeness (QED) is 0.688. The predicted octanol–water partition coefficient (Wildman–Crippen LogP) is 4.12. The van der Waals surface area contributed by atoms with Gasteiger partial charge in [-0.05, 0) is 44.0 Å². The molecule has 26 heavy (non-hydrogen) atoms. The van der Waals surface area contributed by atoms with Crippen LogP contribution in [0, 0.1) is 5.41 Å². The molecule has 3 N–H and O–H groups in total. The topological polar surface area (TPSA) is 82.4 Å². The highest BCUT2D eigenvalue weighted by atomic mass is 35.5. The van der Waals surface area contributed by atoms with Gasteiger partial charge in [-0.2, -0.15) is 0 Å². The molecule has 2 aromatic rings. The molecule has 0 aliphatic heterocycles. The maximum absolute atomic E-state index is 12.0. The van der Waals surface area contributed by atoms with Crippen LogP contribution in [0.15, 0.2) is 54.6 Å². The van der Waals surface area contributed by atoms with Crippen LogP contribution in [0.3, 0.4) is 0 Å². The summed E-state index contributed by atoms with van der Waals surface area (Å²) in [6.07, 6.45) is -0.657. The lowest BCUT2D eigenvalue weighted by Gasteiger charge is -2.30. The van der Waals surface area contributed by atoms with E-state index in [9.17, 15) is 9.90 Å². The van der Waals surface area contributed by atoms with Crippen molar-refractivity contribution in [2.45, 2.75) is 32.0 Å². The van der Waals surface area contributed by atoms with Crippen LogP contribution in [-0.2, 0) is 10.3 Å². The lowest BCUT2D eigenvalue weighted by Crippen LogP contribution is -2.47. The molecule has 0 heterocycles. The van der Waals surface area contributed by atoms with Gasteiger partial charge < -0.3 is 20.6 Å². The normalized spacial score (nSPS) is 13.6. The first kappa shape index (κ1) is 19.9. The minimum atomic E-state index is -1.72. The summed E-state index contributed by atoms with van der Waals surface area (Å²) >= 11 is 5.91. The van der Waals surface area contributed by atoms with Crippen molar-refractivity contribution in [3.63, 3.8) is 0 Å². The molecule has 1 unspecified atom stereocenters. The fraction of sp³-hybridized carbons (Fsp3) is 0.300. The van der Waals surface area contributed by atoms with Crippen molar-refractivity contribution in [2.24, 2.45) is 0 Å². The molecule has 0 aliphatic rings. The Morgan fingerprint density at radius 3 is 2.23 bits per heavy atom. The smallest absolute Gasteiger partial charge is 0.407 e. The van der Waals surface area contributed by atoms with E-state index in [0.29, 0.717) is 16.1 Å². The molecule has 0 aromatic heterocycles. The Balaban J connectivity index is 2.30. The second-order valence-electron chi connectivity index (χ2n) is 6.96. The molecule has 0 bridgehead atoms. The number of carbonyl (C=O) groups excluding carboxylic acids is 1. The molecule has 2 aromatic carbocycles. The summed E-state index contributed by atoms with van der Waals surface area (Å²) in [6, 6.07) is 15.4. The highest BCUT2D eigenvalue weighted by molar-refractivity contribution is 6.30. The number of benzene rings is 2. The van der Waals surface area contributed by atoms with Gasteiger partial charge in [0.15, 0.2) is 0 Å². The summed E-state index contributed by atoms with van der Waals surface area (Å²) in [7, 11) is 0. The lowest BCUT2D eigenvalue weighted by atomic mass is 9.85. The van der Waals surface area contributed by atoms with Crippen molar-refractivity contribution >= 4 is 23.4 Å². The van der Waals surface area contributed by atoms with E-state index < -0.39 is 17.3 Å². The lowest BCUT2D eigenvalue weighted by molar-refractivity contribution is 0.0445. The van der Waals surface area contributed by atoms with E-state index in [1.54, 1.807) is 69.3 Å². The predicted molar refractivity (Wildman–Crippen MR) is 103 cm³/mol.